The maximum absolute atomic E-state index is 14.0. The zero-order valence-electron chi connectivity index (χ0n) is 14.9. The number of carbonyl (C=O) groups excluding carboxylic acids is 1. The molecular weight excluding hydrogens is 432 g/mol. The molecule has 0 saturated heterocycles. The third-order valence-electron chi connectivity index (χ3n) is 4.24. The Morgan fingerprint density at radius 2 is 1.86 bits per heavy atom. The second-order valence-corrected chi connectivity index (χ2v) is 7.05. The van der Waals surface area contributed by atoms with Crippen molar-refractivity contribution in [2.24, 2.45) is 0 Å². The Kier molecular flexibility index (Phi) is 5.71. The summed E-state index contributed by atoms with van der Waals surface area (Å²) in [6, 6.07) is 7.72. The third-order valence-corrected chi connectivity index (χ3v) is 4.68. The molecule has 1 heterocycles. The minimum absolute atomic E-state index is 0.0144. The molecule has 1 unspecified atom stereocenters. The summed E-state index contributed by atoms with van der Waals surface area (Å²) in [5.74, 6) is -0.626. The van der Waals surface area contributed by atoms with E-state index < -0.39 is 17.7 Å². The second kappa shape index (κ2) is 7.78. The van der Waals surface area contributed by atoms with Gasteiger partial charge in [0.15, 0.2) is 0 Å². The van der Waals surface area contributed by atoms with Gasteiger partial charge in [0.2, 0.25) is 5.60 Å². The molecule has 154 valence electrons. The summed E-state index contributed by atoms with van der Waals surface area (Å²) in [6.07, 6.45) is -3.96. The molecule has 5 nitrogen and oxygen atoms in total. The van der Waals surface area contributed by atoms with Gasteiger partial charge in [-0.2, -0.15) is 13.2 Å². The molecule has 0 spiro atoms. The predicted molar refractivity (Wildman–Crippen MR) is 103 cm³/mol. The standard InChI is InChI=1S/C19H15Cl2F3N2O3/c1-2-28-17(27)14-4-3-10(5-15(14)25)16-9-18(29-26-16,19(22,23)24)11-6-12(20)8-13(21)7-11/h3-9,26H,2,25H2,1H3. The van der Waals surface area contributed by atoms with Gasteiger partial charge in [-0.3, -0.25) is 10.3 Å². The van der Waals surface area contributed by atoms with Crippen molar-refractivity contribution in [1.29, 1.82) is 0 Å². The van der Waals surface area contributed by atoms with Crippen molar-refractivity contribution >= 4 is 40.6 Å². The highest BCUT2D eigenvalue weighted by Crippen LogP contribution is 2.48. The number of benzene rings is 2. The summed E-state index contributed by atoms with van der Waals surface area (Å²) < 4.78 is 46.9. The summed E-state index contributed by atoms with van der Waals surface area (Å²) in [5.41, 5.74) is 5.52. The van der Waals surface area contributed by atoms with Gasteiger partial charge in [0.25, 0.3) is 0 Å². The molecule has 1 aliphatic heterocycles. The molecule has 2 aromatic carbocycles. The molecule has 1 atom stereocenters. The summed E-state index contributed by atoms with van der Waals surface area (Å²) in [4.78, 5) is 16.9. The van der Waals surface area contributed by atoms with Gasteiger partial charge in [0.1, 0.15) is 0 Å². The highest BCUT2D eigenvalue weighted by atomic mass is 35.5. The largest absolute Gasteiger partial charge is 0.462 e. The summed E-state index contributed by atoms with van der Waals surface area (Å²) in [5, 5.41) is 0.0641. The van der Waals surface area contributed by atoms with Crippen molar-refractivity contribution in [2.45, 2.75) is 18.7 Å². The van der Waals surface area contributed by atoms with Crippen LogP contribution in [-0.2, 0) is 15.2 Å². The van der Waals surface area contributed by atoms with Crippen molar-refractivity contribution in [2.75, 3.05) is 12.3 Å². The molecule has 0 amide bonds. The zero-order chi connectivity index (χ0) is 21.4. The monoisotopic (exact) mass is 446 g/mol. The maximum atomic E-state index is 14.0. The Morgan fingerprint density at radius 1 is 1.21 bits per heavy atom. The van der Waals surface area contributed by atoms with Crippen LogP contribution in [0.3, 0.4) is 0 Å². The summed E-state index contributed by atoms with van der Waals surface area (Å²) in [6.45, 7) is 1.81. The number of hydroxylamine groups is 1. The van der Waals surface area contributed by atoms with Gasteiger partial charge >= 0.3 is 12.1 Å². The quantitative estimate of drug-likeness (QED) is 0.505. The summed E-state index contributed by atoms with van der Waals surface area (Å²) >= 11 is 11.8. The smallest absolute Gasteiger partial charge is 0.428 e. The predicted octanol–water partition coefficient (Wildman–Crippen LogP) is 5.09. The molecule has 3 N–H and O–H groups in total. The van der Waals surface area contributed by atoms with Gasteiger partial charge in [-0.05, 0) is 43.3 Å². The van der Waals surface area contributed by atoms with Crippen LogP contribution in [0.25, 0.3) is 5.70 Å². The number of alkyl halides is 3. The lowest BCUT2D eigenvalue weighted by Crippen LogP contribution is -2.42. The molecular formula is C19H15Cl2F3N2O3. The van der Waals surface area contributed by atoms with E-state index in [9.17, 15) is 18.0 Å². The molecule has 3 rings (SSSR count). The van der Waals surface area contributed by atoms with E-state index >= 15 is 0 Å². The average Bonchev–Trinajstić information content (AvgIpc) is 3.07. The van der Waals surface area contributed by atoms with Crippen LogP contribution in [0.4, 0.5) is 18.9 Å². The van der Waals surface area contributed by atoms with Gasteiger partial charge in [-0.25, -0.2) is 4.79 Å². The molecule has 0 fully saturated rings. The number of hydrogen-bond acceptors (Lipinski definition) is 5. The second-order valence-electron chi connectivity index (χ2n) is 6.18. The van der Waals surface area contributed by atoms with E-state index in [1.165, 1.54) is 24.3 Å². The molecule has 0 aromatic heterocycles. The molecule has 0 saturated carbocycles. The molecule has 0 aliphatic carbocycles. The molecule has 1 aliphatic rings. The highest BCUT2D eigenvalue weighted by Gasteiger charge is 2.59. The Balaban J connectivity index is 2.06. The van der Waals surface area contributed by atoms with E-state index in [2.05, 4.69) is 5.48 Å². The Labute approximate surface area is 174 Å². The first-order chi connectivity index (χ1) is 13.6. The minimum Gasteiger partial charge on any atom is -0.462 e. The van der Waals surface area contributed by atoms with Crippen LogP contribution in [0.15, 0.2) is 42.5 Å². The SMILES string of the molecule is CCOC(=O)c1ccc(C2=CC(c3cc(Cl)cc(Cl)c3)(C(F)(F)F)ON2)cc1N. The first-order valence-electron chi connectivity index (χ1n) is 8.34. The van der Waals surface area contributed by atoms with Crippen LogP contribution < -0.4 is 11.2 Å². The fourth-order valence-corrected chi connectivity index (χ4v) is 3.40. The van der Waals surface area contributed by atoms with Gasteiger partial charge in [-0.1, -0.05) is 29.3 Å². The van der Waals surface area contributed by atoms with Crippen LogP contribution in [0, 0.1) is 0 Å². The zero-order valence-corrected chi connectivity index (χ0v) is 16.5. The molecule has 10 heteroatoms. The number of carbonyl (C=O) groups is 1. The topological polar surface area (TPSA) is 73.6 Å². The van der Waals surface area contributed by atoms with Crippen molar-refractivity contribution in [3.05, 3.63) is 69.2 Å². The highest BCUT2D eigenvalue weighted by molar-refractivity contribution is 6.34. The van der Waals surface area contributed by atoms with E-state index in [0.29, 0.717) is 0 Å². The van der Waals surface area contributed by atoms with E-state index in [1.54, 1.807) is 6.92 Å². The fraction of sp³-hybridized carbons (Fsp3) is 0.211. The lowest BCUT2D eigenvalue weighted by molar-refractivity contribution is -0.269. The van der Waals surface area contributed by atoms with Crippen LogP contribution in [0.5, 0.6) is 0 Å². The van der Waals surface area contributed by atoms with E-state index in [-0.39, 0.29) is 44.7 Å². The number of anilines is 1. The number of nitrogens with two attached hydrogens (primary N) is 1. The Morgan fingerprint density at radius 3 is 2.41 bits per heavy atom. The lowest BCUT2D eigenvalue weighted by Gasteiger charge is -2.28. The first-order valence-corrected chi connectivity index (χ1v) is 9.10. The normalized spacial score (nSPS) is 18.9. The lowest BCUT2D eigenvalue weighted by atomic mass is 9.91. The van der Waals surface area contributed by atoms with Crippen LogP contribution in [0.2, 0.25) is 10.0 Å². The average molecular weight is 447 g/mol. The van der Waals surface area contributed by atoms with Gasteiger partial charge in [-0.15, -0.1) is 0 Å². The third kappa shape index (κ3) is 4.01. The van der Waals surface area contributed by atoms with E-state index in [1.807, 2.05) is 0 Å². The molecule has 0 radical (unpaired) electrons. The number of rotatable bonds is 4. The van der Waals surface area contributed by atoms with Gasteiger partial charge in [0, 0.05) is 26.9 Å². The van der Waals surface area contributed by atoms with Crippen molar-refractivity contribution in [1.82, 2.24) is 5.48 Å². The first kappa shape index (κ1) is 21.3. The maximum Gasteiger partial charge on any atom is 0.428 e. The number of ether oxygens (including phenoxy) is 1. The number of nitrogen functional groups attached to an aromatic ring is 1. The van der Waals surface area contributed by atoms with Crippen LogP contribution in [0.1, 0.15) is 28.4 Å². The molecule has 0 bridgehead atoms. The van der Waals surface area contributed by atoms with Crippen molar-refractivity contribution < 1.29 is 27.5 Å². The fourth-order valence-electron chi connectivity index (χ4n) is 2.88. The van der Waals surface area contributed by atoms with Crippen LogP contribution in [-0.4, -0.2) is 18.8 Å². The van der Waals surface area contributed by atoms with Crippen LogP contribution >= 0.6 is 23.2 Å². The van der Waals surface area contributed by atoms with E-state index in [0.717, 1.165) is 18.2 Å². The van der Waals surface area contributed by atoms with Gasteiger partial charge < -0.3 is 10.5 Å². The molecule has 2 aromatic rings. The van der Waals surface area contributed by atoms with Crippen molar-refractivity contribution in [3.8, 4) is 0 Å². The minimum atomic E-state index is -4.83. The number of hydrogen-bond donors (Lipinski definition) is 2. The summed E-state index contributed by atoms with van der Waals surface area (Å²) in [7, 11) is 0. The van der Waals surface area contributed by atoms with Crippen molar-refractivity contribution in [3.63, 3.8) is 0 Å². The van der Waals surface area contributed by atoms with Gasteiger partial charge in [0.05, 0.1) is 17.9 Å². The Hall–Kier alpha value is -2.42. The molecule has 29 heavy (non-hydrogen) atoms. The van der Waals surface area contributed by atoms with E-state index in [4.69, 9.17) is 38.5 Å². The Bertz CT molecular complexity index is 975. The number of esters is 1. The number of halogens is 5. The number of nitrogens with one attached hydrogen (secondary N) is 1.